The van der Waals surface area contributed by atoms with Crippen LogP contribution in [0.25, 0.3) is 11.7 Å². The molecular weight excluding hydrogens is 424 g/mol. The van der Waals surface area contributed by atoms with Gasteiger partial charge in [-0.25, -0.2) is 4.98 Å². The van der Waals surface area contributed by atoms with Crippen LogP contribution in [0.4, 0.5) is 5.82 Å². The molecule has 1 saturated heterocycles. The molecule has 0 spiro atoms. The van der Waals surface area contributed by atoms with Crippen LogP contribution in [0, 0.1) is 0 Å². The quantitative estimate of drug-likeness (QED) is 0.324. The Morgan fingerprint density at radius 2 is 2.17 bits per heavy atom. The summed E-state index contributed by atoms with van der Waals surface area (Å²) in [5.74, 6) is 0.154. The van der Waals surface area contributed by atoms with Gasteiger partial charge in [-0.2, -0.15) is 0 Å². The first kappa shape index (κ1) is 22.4. The summed E-state index contributed by atoms with van der Waals surface area (Å²) >= 11 is 6.54. The number of fused-ring (bicyclic) bond motifs is 1. The molecule has 2 aromatic heterocycles. The van der Waals surface area contributed by atoms with Gasteiger partial charge >= 0.3 is 0 Å². The molecule has 30 heavy (non-hydrogen) atoms. The van der Waals surface area contributed by atoms with Crippen molar-refractivity contribution < 1.29 is 14.6 Å². The second kappa shape index (κ2) is 10.7. The molecule has 2 N–H and O–H groups in total. The fourth-order valence-electron chi connectivity index (χ4n) is 2.95. The third-order valence-corrected chi connectivity index (χ3v) is 5.80. The highest BCUT2D eigenvalue weighted by molar-refractivity contribution is 8.26. The highest BCUT2D eigenvalue weighted by Gasteiger charge is 2.32. The van der Waals surface area contributed by atoms with Gasteiger partial charge in [0.15, 0.2) is 0 Å². The molecule has 8 nitrogen and oxygen atoms in total. The third-order valence-electron chi connectivity index (χ3n) is 4.42. The topological polar surface area (TPSA) is 96.2 Å². The van der Waals surface area contributed by atoms with Gasteiger partial charge in [-0.3, -0.25) is 18.9 Å². The third kappa shape index (κ3) is 5.07. The number of amides is 1. The normalized spacial score (nSPS) is 15.5. The van der Waals surface area contributed by atoms with Gasteiger partial charge in [-0.1, -0.05) is 30.0 Å². The molecule has 0 atom stereocenters. The number of aliphatic hydroxyl groups excluding tert-OH is 1. The summed E-state index contributed by atoms with van der Waals surface area (Å²) in [4.78, 5) is 32.4. The standard InChI is InChI=1S/C20H24N4O4S2/c1-2-28-12-6-10-24-19(27)15(30-20(24)29)13-14-17(21-8-5-11-25)22-16-7-3-4-9-23(16)18(14)26/h3-4,7,9,13,21,25H,2,5-6,8,10-12H2,1H3/b15-13+. The van der Waals surface area contributed by atoms with E-state index in [9.17, 15) is 9.59 Å². The van der Waals surface area contributed by atoms with Crippen LogP contribution in [-0.4, -0.2) is 62.5 Å². The fourth-order valence-corrected chi connectivity index (χ4v) is 4.24. The summed E-state index contributed by atoms with van der Waals surface area (Å²) in [6.07, 6.45) is 4.38. The molecule has 3 heterocycles. The Labute approximate surface area is 183 Å². The number of pyridine rings is 1. The molecule has 0 unspecified atom stereocenters. The van der Waals surface area contributed by atoms with Crippen LogP contribution < -0.4 is 10.9 Å². The summed E-state index contributed by atoms with van der Waals surface area (Å²) in [5.41, 5.74) is 0.495. The average molecular weight is 449 g/mol. The Hall–Kier alpha value is -2.27. The van der Waals surface area contributed by atoms with Gasteiger partial charge in [-0.05, 0) is 38.0 Å². The monoisotopic (exact) mass is 448 g/mol. The molecule has 0 aliphatic carbocycles. The lowest BCUT2D eigenvalue weighted by Gasteiger charge is -2.14. The van der Waals surface area contributed by atoms with E-state index in [2.05, 4.69) is 10.3 Å². The number of thioether (sulfide) groups is 1. The largest absolute Gasteiger partial charge is 0.396 e. The smallest absolute Gasteiger partial charge is 0.267 e. The molecular formula is C20H24N4O4S2. The Morgan fingerprint density at radius 3 is 2.93 bits per heavy atom. The van der Waals surface area contributed by atoms with Crippen molar-refractivity contribution in [1.82, 2.24) is 14.3 Å². The molecule has 3 rings (SSSR count). The fraction of sp³-hybridized carbons (Fsp3) is 0.400. The molecule has 1 amide bonds. The van der Waals surface area contributed by atoms with Gasteiger partial charge in [-0.15, -0.1) is 0 Å². The number of carbonyl (C=O) groups excluding carboxylic acids is 1. The van der Waals surface area contributed by atoms with Gasteiger partial charge in [0.05, 0.1) is 10.5 Å². The summed E-state index contributed by atoms with van der Waals surface area (Å²) < 4.78 is 7.22. The molecule has 160 valence electrons. The first-order valence-corrected chi connectivity index (χ1v) is 11.0. The minimum atomic E-state index is -0.284. The van der Waals surface area contributed by atoms with E-state index in [4.69, 9.17) is 22.1 Å². The van der Waals surface area contributed by atoms with Crippen molar-refractivity contribution in [2.45, 2.75) is 19.8 Å². The first-order valence-electron chi connectivity index (χ1n) is 9.76. The van der Waals surface area contributed by atoms with E-state index in [0.717, 1.165) is 0 Å². The zero-order valence-electron chi connectivity index (χ0n) is 16.7. The Balaban J connectivity index is 1.93. The van der Waals surface area contributed by atoms with Crippen LogP contribution in [0.3, 0.4) is 0 Å². The van der Waals surface area contributed by atoms with Gasteiger partial charge in [0.1, 0.15) is 15.8 Å². The zero-order chi connectivity index (χ0) is 21.5. The number of nitrogens with zero attached hydrogens (tertiary/aromatic N) is 3. The van der Waals surface area contributed by atoms with Crippen molar-refractivity contribution in [3.63, 3.8) is 0 Å². The van der Waals surface area contributed by atoms with Crippen molar-refractivity contribution in [1.29, 1.82) is 0 Å². The highest BCUT2D eigenvalue weighted by Crippen LogP contribution is 2.33. The Morgan fingerprint density at radius 1 is 1.33 bits per heavy atom. The van der Waals surface area contributed by atoms with Crippen molar-refractivity contribution in [2.24, 2.45) is 0 Å². The second-order valence-corrected chi connectivity index (χ2v) is 8.17. The van der Waals surface area contributed by atoms with Gasteiger partial charge < -0.3 is 15.2 Å². The molecule has 0 saturated carbocycles. The maximum atomic E-state index is 13.1. The molecule has 1 aliphatic heterocycles. The van der Waals surface area contributed by atoms with Crippen LogP contribution >= 0.6 is 24.0 Å². The molecule has 1 aliphatic rings. The van der Waals surface area contributed by atoms with Crippen LogP contribution in [-0.2, 0) is 9.53 Å². The van der Waals surface area contributed by atoms with Crippen molar-refractivity contribution >= 4 is 51.7 Å². The maximum Gasteiger partial charge on any atom is 0.267 e. The predicted molar refractivity (Wildman–Crippen MR) is 123 cm³/mol. The van der Waals surface area contributed by atoms with E-state index in [1.54, 1.807) is 30.5 Å². The Kier molecular flexibility index (Phi) is 7.97. The van der Waals surface area contributed by atoms with E-state index in [1.807, 2.05) is 6.92 Å². The number of anilines is 1. The van der Waals surface area contributed by atoms with E-state index in [1.165, 1.54) is 21.1 Å². The van der Waals surface area contributed by atoms with Gasteiger partial charge in [0.25, 0.3) is 11.5 Å². The molecule has 2 aromatic rings. The predicted octanol–water partition coefficient (Wildman–Crippen LogP) is 2.12. The number of thiocarbonyl (C=S) groups is 1. The van der Waals surface area contributed by atoms with E-state index in [-0.39, 0.29) is 23.6 Å². The van der Waals surface area contributed by atoms with Crippen molar-refractivity contribution in [3.8, 4) is 0 Å². The number of nitrogens with one attached hydrogen (secondary N) is 1. The van der Waals surface area contributed by atoms with Crippen molar-refractivity contribution in [2.75, 3.05) is 38.2 Å². The summed E-state index contributed by atoms with van der Waals surface area (Å²) in [5, 5.41) is 12.1. The Bertz CT molecular complexity index is 1020. The van der Waals surface area contributed by atoms with E-state index >= 15 is 0 Å². The lowest BCUT2D eigenvalue weighted by molar-refractivity contribution is -0.122. The zero-order valence-corrected chi connectivity index (χ0v) is 18.3. The lowest BCUT2D eigenvalue weighted by atomic mass is 10.2. The molecule has 10 heteroatoms. The van der Waals surface area contributed by atoms with E-state index < -0.39 is 0 Å². The van der Waals surface area contributed by atoms with Crippen LogP contribution in [0.15, 0.2) is 34.1 Å². The highest BCUT2D eigenvalue weighted by atomic mass is 32.2. The first-order chi connectivity index (χ1) is 14.6. The van der Waals surface area contributed by atoms with E-state index in [0.29, 0.717) is 59.8 Å². The van der Waals surface area contributed by atoms with Crippen LogP contribution in [0.5, 0.6) is 0 Å². The summed E-state index contributed by atoms with van der Waals surface area (Å²) in [6, 6.07) is 5.28. The molecule has 0 bridgehead atoms. The molecule has 0 radical (unpaired) electrons. The minimum absolute atomic E-state index is 0.0231. The number of ether oxygens (including phenoxy) is 1. The summed E-state index contributed by atoms with van der Waals surface area (Å²) in [6.45, 7) is 4.05. The number of aliphatic hydroxyl groups is 1. The number of hydrogen-bond acceptors (Lipinski definition) is 8. The van der Waals surface area contributed by atoms with Crippen molar-refractivity contribution in [3.05, 3.63) is 45.2 Å². The van der Waals surface area contributed by atoms with Gasteiger partial charge in [0.2, 0.25) is 0 Å². The molecule has 0 aromatic carbocycles. The second-order valence-electron chi connectivity index (χ2n) is 6.50. The number of rotatable bonds is 10. The number of aromatic nitrogens is 2. The lowest BCUT2D eigenvalue weighted by Crippen LogP contribution is -2.29. The van der Waals surface area contributed by atoms with Crippen LogP contribution in [0.2, 0.25) is 0 Å². The summed E-state index contributed by atoms with van der Waals surface area (Å²) in [7, 11) is 0. The van der Waals surface area contributed by atoms with Gasteiger partial charge in [0, 0.05) is 39.1 Å². The maximum absolute atomic E-state index is 13.1. The molecule has 1 fully saturated rings. The average Bonchev–Trinajstić information content (AvgIpc) is 3.01. The van der Waals surface area contributed by atoms with Crippen LogP contribution in [0.1, 0.15) is 25.3 Å². The SMILES string of the molecule is CCOCCCN1C(=O)/C(=C\c2c(NCCCO)nc3ccccn3c2=O)SC1=S. The number of hydrogen-bond donors (Lipinski definition) is 2. The number of carbonyl (C=O) groups is 1. The minimum Gasteiger partial charge on any atom is -0.396 e.